The molecular weight excluding hydrogens is 196 g/mol. The molecule has 3 nitrogen and oxygen atoms in total. The number of hydrogen-bond acceptors (Lipinski definition) is 4. The van der Waals surface area contributed by atoms with Crippen molar-refractivity contribution in [3.05, 3.63) is 16.6 Å². The molecule has 2 rings (SSSR count). The van der Waals surface area contributed by atoms with Crippen LogP contribution in [0.25, 0.3) is 0 Å². The molecule has 1 aromatic rings. The normalized spacial score (nSPS) is 18.3. The van der Waals surface area contributed by atoms with E-state index >= 15 is 0 Å². The number of carbonyl (C=O) groups is 1. The van der Waals surface area contributed by atoms with Gasteiger partial charge in [-0.15, -0.1) is 11.3 Å². The summed E-state index contributed by atoms with van der Waals surface area (Å²) < 4.78 is 0. The topological polar surface area (TPSA) is 42.0 Å². The molecule has 76 valence electrons. The first kappa shape index (κ1) is 9.80. The van der Waals surface area contributed by atoms with Gasteiger partial charge in [0.15, 0.2) is 10.8 Å². The Morgan fingerprint density at radius 3 is 3.00 bits per heavy atom. The summed E-state index contributed by atoms with van der Waals surface area (Å²) in [6.45, 7) is 2.10. The molecule has 0 radical (unpaired) electrons. The molecule has 1 fully saturated rings. The lowest BCUT2D eigenvalue weighted by atomic mass is 9.93. The zero-order chi connectivity index (χ0) is 9.80. The Labute approximate surface area is 87.6 Å². The highest BCUT2D eigenvalue weighted by atomic mass is 32.1. The second-order valence-electron chi connectivity index (χ2n) is 3.66. The van der Waals surface area contributed by atoms with Crippen LogP contribution >= 0.6 is 11.3 Å². The van der Waals surface area contributed by atoms with Gasteiger partial charge in [0.05, 0.1) is 0 Å². The third kappa shape index (κ3) is 2.39. The van der Waals surface area contributed by atoms with Crippen molar-refractivity contribution in [3.8, 4) is 0 Å². The predicted molar refractivity (Wildman–Crippen MR) is 56.7 cm³/mol. The highest BCUT2D eigenvalue weighted by molar-refractivity contribution is 7.11. The molecule has 14 heavy (non-hydrogen) atoms. The van der Waals surface area contributed by atoms with E-state index in [4.69, 9.17) is 0 Å². The molecule has 0 aromatic carbocycles. The summed E-state index contributed by atoms with van der Waals surface area (Å²) in [5.74, 6) is 0.777. The van der Waals surface area contributed by atoms with Gasteiger partial charge in [0.1, 0.15) is 0 Å². The molecule has 1 aliphatic heterocycles. The van der Waals surface area contributed by atoms with Gasteiger partial charge in [-0.25, -0.2) is 4.98 Å². The lowest BCUT2D eigenvalue weighted by Crippen LogP contribution is -2.28. The van der Waals surface area contributed by atoms with Crippen LogP contribution in [0.15, 0.2) is 11.6 Å². The minimum Gasteiger partial charge on any atom is -0.317 e. The Balaban J connectivity index is 1.87. The number of thiazole rings is 1. The number of rotatable bonds is 3. The Morgan fingerprint density at radius 1 is 1.57 bits per heavy atom. The van der Waals surface area contributed by atoms with Crippen LogP contribution in [0.1, 0.15) is 29.1 Å². The third-order valence-corrected chi connectivity index (χ3v) is 3.42. The SMILES string of the molecule is O=C(CC1CCNCC1)c1nccs1. The average molecular weight is 210 g/mol. The van der Waals surface area contributed by atoms with E-state index in [1.54, 1.807) is 6.20 Å². The maximum Gasteiger partial charge on any atom is 0.191 e. The fourth-order valence-electron chi connectivity index (χ4n) is 1.80. The maximum atomic E-state index is 11.7. The first-order valence-corrected chi connectivity index (χ1v) is 5.87. The number of hydrogen-bond donors (Lipinski definition) is 1. The minimum absolute atomic E-state index is 0.215. The largest absolute Gasteiger partial charge is 0.317 e. The summed E-state index contributed by atoms with van der Waals surface area (Å²) in [4.78, 5) is 15.7. The number of aromatic nitrogens is 1. The molecule has 1 N–H and O–H groups in total. The first-order valence-electron chi connectivity index (χ1n) is 4.99. The van der Waals surface area contributed by atoms with E-state index in [1.165, 1.54) is 11.3 Å². The number of ketones is 1. The number of nitrogens with one attached hydrogen (secondary N) is 1. The van der Waals surface area contributed by atoms with Gasteiger partial charge >= 0.3 is 0 Å². The van der Waals surface area contributed by atoms with E-state index in [0.29, 0.717) is 17.3 Å². The maximum absolute atomic E-state index is 11.7. The van der Waals surface area contributed by atoms with E-state index in [2.05, 4.69) is 10.3 Å². The van der Waals surface area contributed by atoms with Crippen molar-refractivity contribution in [2.24, 2.45) is 5.92 Å². The van der Waals surface area contributed by atoms with Gasteiger partial charge in [0.2, 0.25) is 0 Å². The molecule has 0 atom stereocenters. The molecule has 0 unspecified atom stereocenters. The Hall–Kier alpha value is -0.740. The van der Waals surface area contributed by atoms with Gasteiger partial charge < -0.3 is 5.32 Å². The van der Waals surface area contributed by atoms with Crippen LogP contribution in [-0.2, 0) is 0 Å². The molecule has 1 saturated heterocycles. The number of carbonyl (C=O) groups excluding carboxylic acids is 1. The fourth-order valence-corrected chi connectivity index (χ4v) is 2.38. The van der Waals surface area contributed by atoms with Crippen molar-refractivity contribution < 1.29 is 4.79 Å². The van der Waals surface area contributed by atoms with Crippen molar-refractivity contribution >= 4 is 17.1 Å². The Morgan fingerprint density at radius 2 is 2.36 bits per heavy atom. The van der Waals surface area contributed by atoms with Crippen LogP contribution in [-0.4, -0.2) is 23.9 Å². The van der Waals surface area contributed by atoms with Gasteiger partial charge in [-0.1, -0.05) is 0 Å². The molecule has 0 amide bonds. The highest BCUT2D eigenvalue weighted by Gasteiger charge is 2.18. The average Bonchev–Trinajstić information content (AvgIpc) is 2.72. The third-order valence-electron chi connectivity index (χ3n) is 2.60. The van der Waals surface area contributed by atoms with Crippen molar-refractivity contribution in [1.29, 1.82) is 0 Å². The Bertz CT molecular complexity index is 291. The van der Waals surface area contributed by atoms with Crippen LogP contribution < -0.4 is 5.32 Å². The van der Waals surface area contributed by atoms with Crippen LogP contribution in [0.4, 0.5) is 0 Å². The van der Waals surface area contributed by atoms with Gasteiger partial charge in [0, 0.05) is 18.0 Å². The van der Waals surface area contributed by atoms with Gasteiger partial charge in [-0.05, 0) is 31.8 Å². The van der Waals surface area contributed by atoms with E-state index in [1.807, 2.05) is 5.38 Å². The van der Waals surface area contributed by atoms with Crippen molar-refractivity contribution in [3.63, 3.8) is 0 Å². The minimum atomic E-state index is 0.215. The summed E-state index contributed by atoms with van der Waals surface area (Å²) in [5.41, 5.74) is 0. The first-order chi connectivity index (χ1) is 6.86. The van der Waals surface area contributed by atoms with E-state index in [9.17, 15) is 4.79 Å². The second-order valence-corrected chi connectivity index (χ2v) is 4.55. The summed E-state index contributed by atoms with van der Waals surface area (Å²) >= 11 is 1.44. The van der Waals surface area contributed by atoms with Crippen LogP contribution in [0.2, 0.25) is 0 Å². The Kier molecular flexibility index (Phi) is 3.26. The van der Waals surface area contributed by atoms with E-state index < -0.39 is 0 Å². The predicted octanol–water partition coefficient (Wildman–Crippen LogP) is 1.72. The molecule has 1 aliphatic rings. The van der Waals surface area contributed by atoms with E-state index in [0.717, 1.165) is 25.9 Å². The molecule has 0 saturated carbocycles. The molecule has 0 aliphatic carbocycles. The fraction of sp³-hybridized carbons (Fsp3) is 0.600. The zero-order valence-corrected chi connectivity index (χ0v) is 8.85. The van der Waals surface area contributed by atoms with Crippen LogP contribution in [0, 0.1) is 5.92 Å². The summed E-state index contributed by atoms with van der Waals surface area (Å²) in [5, 5.41) is 5.83. The van der Waals surface area contributed by atoms with Crippen LogP contribution in [0.3, 0.4) is 0 Å². The lowest BCUT2D eigenvalue weighted by molar-refractivity contribution is 0.0952. The van der Waals surface area contributed by atoms with Gasteiger partial charge in [0.25, 0.3) is 0 Å². The lowest BCUT2D eigenvalue weighted by Gasteiger charge is -2.21. The molecule has 4 heteroatoms. The molecule has 1 aromatic heterocycles. The molecular formula is C10H14N2OS. The van der Waals surface area contributed by atoms with E-state index in [-0.39, 0.29) is 5.78 Å². The summed E-state index contributed by atoms with van der Waals surface area (Å²) in [7, 11) is 0. The monoisotopic (exact) mass is 210 g/mol. The summed E-state index contributed by atoms with van der Waals surface area (Å²) in [6, 6.07) is 0. The zero-order valence-electron chi connectivity index (χ0n) is 8.03. The number of nitrogens with zero attached hydrogens (tertiary/aromatic N) is 1. The standard InChI is InChI=1S/C10H14N2OS/c13-9(10-12-5-6-14-10)7-8-1-3-11-4-2-8/h5-6,8,11H,1-4,7H2. The molecule has 0 bridgehead atoms. The highest BCUT2D eigenvalue weighted by Crippen LogP contribution is 2.19. The van der Waals surface area contributed by atoms with Gasteiger partial charge in [-0.3, -0.25) is 4.79 Å². The van der Waals surface area contributed by atoms with Crippen molar-refractivity contribution in [2.75, 3.05) is 13.1 Å². The van der Waals surface area contributed by atoms with Crippen molar-refractivity contribution in [2.45, 2.75) is 19.3 Å². The molecule has 2 heterocycles. The number of Topliss-reactive ketones (excluding diaryl/α,β-unsaturated/α-hetero) is 1. The second kappa shape index (κ2) is 4.66. The smallest absolute Gasteiger partial charge is 0.191 e. The van der Waals surface area contributed by atoms with Crippen molar-refractivity contribution in [1.82, 2.24) is 10.3 Å². The quantitative estimate of drug-likeness (QED) is 0.772. The molecule has 0 spiro atoms. The number of piperidine rings is 1. The van der Waals surface area contributed by atoms with Crippen LogP contribution in [0.5, 0.6) is 0 Å². The summed E-state index contributed by atoms with van der Waals surface area (Å²) in [6.07, 6.45) is 4.61. The van der Waals surface area contributed by atoms with Gasteiger partial charge in [-0.2, -0.15) is 0 Å².